The summed E-state index contributed by atoms with van der Waals surface area (Å²) in [6.45, 7) is 4.80. The summed E-state index contributed by atoms with van der Waals surface area (Å²) in [4.78, 5) is 37.6. The Balaban J connectivity index is 3.95. The minimum Gasteiger partial charge on any atom is -0.477 e. The molecule has 0 radical (unpaired) electrons. The third kappa shape index (κ3) is 70.4. The van der Waals surface area contributed by atoms with E-state index in [0.29, 0.717) is 23.9 Å². The molecule has 2 unspecified atom stereocenters. The first-order valence-corrected chi connectivity index (χ1v) is 38.0. The number of nitrogens with zero attached hydrogens (tertiary/aromatic N) is 1. The number of allylic oxidation sites excluding steroid dienone is 10. The lowest BCUT2D eigenvalue weighted by Crippen LogP contribution is -2.40. The second kappa shape index (κ2) is 69.9. The van der Waals surface area contributed by atoms with Gasteiger partial charge in [-0.05, 0) is 57.8 Å². The lowest BCUT2D eigenvalue weighted by molar-refractivity contribution is -0.870. The first-order chi connectivity index (χ1) is 43.1. The van der Waals surface area contributed by atoms with E-state index < -0.39 is 24.3 Å². The van der Waals surface area contributed by atoms with Gasteiger partial charge in [0.05, 0.1) is 34.4 Å². The van der Waals surface area contributed by atoms with Crippen molar-refractivity contribution < 1.29 is 42.9 Å². The molecule has 0 aromatic rings. The molecule has 1 N–H and O–H groups in total. The predicted molar refractivity (Wildman–Crippen MR) is 378 cm³/mol. The molecule has 0 saturated heterocycles. The van der Waals surface area contributed by atoms with Gasteiger partial charge in [-0.3, -0.25) is 9.59 Å². The summed E-state index contributed by atoms with van der Waals surface area (Å²) in [6.07, 6.45) is 89.5. The average Bonchev–Trinajstić information content (AvgIpc) is 3.51. The van der Waals surface area contributed by atoms with Crippen molar-refractivity contribution in [1.82, 2.24) is 0 Å². The number of carboxylic acid groups (broad SMARTS) is 1. The van der Waals surface area contributed by atoms with E-state index in [-0.39, 0.29) is 32.2 Å². The van der Waals surface area contributed by atoms with E-state index in [0.717, 1.165) is 77.0 Å². The van der Waals surface area contributed by atoms with Crippen LogP contribution in [0.1, 0.15) is 367 Å². The van der Waals surface area contributed by atoms with Crippen molar-refractivity contribution in [3.8, 4) is 0 Å². The Morgan fingerprint density at radius 2 is 0.648 bits per heavy atom. The molecule has 0 aromatic carbocycles. The van der Waals surface area contributed by atoms with Gasteiger partial charge < -0.3 is 28.5 Å². The Morgan fingerprint density at radius 1 is 0.352 bits per heavy atom. The third-order valence-electron chi connectivity index (χ3n) is 17.0. The number of hydrogen-bond donors (Lipinski definition) is 1. The van der Waals surface area contributed by atoms with Crippen LogP contribution in [0.25, 0.3) is 0 Å². The Labute approximate surface area is 545 Å². The number of carboxylic acids is 1. The van der Waals surface area contributed by atoms with E-state index in [2.05, 4.69) is 74.6 Å². The largest absolute Gasteiger partial charge is 0.477 e. The molecule has 9 nitrogen and oxygen atoms in total. The zero-order valence-corrected chi connectivity index (χ0v) is 58.9. The summed E-state index contributed by atoms with van der Waals surface area (Å²) in [5.74, 6) is -2.00. The molecule has 0 aliphatic heterocycles. The van der Waals surface area contributed by atoms with Crippen LogP contribution < -0.4 is 0 Å². The average molecular weight is 1240 g/mol. The summed E-state index contributed by atoms with van der Waals surface area (Å²) in [5.41, 5.74) is 0. The van der Waals surface area contributed by atoms with Crippen molar-refractivity contribution >= 4 is 17.9 Å². The summed E-state index contributed by atoms with van der Waals surface area (Å²) in [5, 5.41) is 9.75. The molecular formula is C79H146NO8+. The molecule has 0 fully saturated rings. The molecule has 9 heteroatoms. The van der Waals surface area contributed by atoms with Gasteiger partial charge in [-0.15, -0.1) is 0 Å². The number of carbonyl (C=O) groups is 3. The van der Waals surface area contributed by atoms with Crippen LogP contribution >= 0.6 is 0 Å². The zero-order valence-electron chi connectivity index (χ0n) is 58.9. The molecule has 2 atom stereocenters. The highest BCUT2D eigenvalue weighted by atomic mass is 16.7. The van der Waals surface area contributed by atoms with E-state index >= 15 is 0 Å². The summed E-state index contributed by atoms with van der Waals surface area (Å²) in [6, 6.07) is 0. The second-order valence-electron chi connectivity index (χ2n) is 26.9. The van der Waals surface area contributed by atoms with Crippen molar-refractivity contribution in [1.29, 1.82) is 0 Å². The highest BCUT2D eigenvalue weighted by Crippen LogP contribution is 2.19. The van der Waals surface area contributed by atoms with Crippen LogP contribution in [0.4, 0.5) is 0 Å². The van der Waals surface area contributed by atoms with Gasteiger partial charge in [-0.1, -0.05) is 357 Å². The Bertz CT molecular complexity index is 1630. The number of carbonyl (C=O) groups excluding carboxylic acids is 2. The topological polar surface area (TPSA) is 108 Å². The second-order valence-corrected chi connectivity index (χ2v) is 26.9. The number of aliphatic carboxylic acids is 1. The first kappa shape index (κ1) is 85.0. The SMILES string of the molecule is CC/C=C\C/C=C\C/C=C\C/C=C\C/C=C\CCCCCCCCCC(=O)OC(COC(=O)CCCCCCCCCCCCCCCCCCCCCCCCCCCCCCCCCCCCCCCCCC)COC(OCC[N+](C)(C)C)C(=O)O. The maximum atomic E-state index is 12.9. The summed E-state index contributed by atoms with van der Waals surface area (Å²) >= 11 is 0. The Hall–Kier alpha value is -3.01. The van der Waals surface area contributed by atoms with Gasteiger partial charge >= 0.3 is 17.9 Å². The van der Waals surface area contributed by atoms with Gasteiger partial charge in [-0.25, -0.2) is 4.79 Å². The minimum atomic E-state index is -1.52. The maximum Gasteiger partial charge on any atom is 0.361 e. The van der Waals surface area contributed by atoms with E-state index in [4.69, 9.17) is 18.9 Å². The van der Waals surface area contributed by atoms with Gasteiger partial charge in [-0.2, -0.15) is 0 Å². The van der Waals surface area contributed by atoms with Crippen molar-refractivity contribution in [2.45, 2.75) is 379 Å². The summed E-state index contributed by atoms with van der Waals surface area (Å²) < 4.78 is 23.0. The van der Waals surface area contributed by atoms with Crippen molar-refractivity contribution in [2.75, 3.05) is 47.5 Å². The summed E-state index contributed by atoms with van der Waals surface area (Å²) in [7, 11) is 5.98. The third-order valence-corrected chi connectivity index (χ3v) is 17.0. The highest BCUT2D eigenvalue weighted by Gasteiger charge is 2.25. The standard InChI is InChI=1S/C79H145NO8/c1-6-8-10-12-14-16-18-20-22-24-26-28-30-31-32-33-34-35-36-37-38-39-40-41-42-43-44-45-46-48-49-51-53-55-57-59-61-63-65-67-69-76(81)86-73-75(74-87-79(78(83)84)85-72-71-80(3,4)5)88-77(82)70-68-66-64-62-60-58-56-54-52-50-47-29-27-25-23-21-19-17-15-13-11-9-7-2/h9,11,15,17,21,23,27,29,50,52,75,79H,6-8,10,12-14,16,18-20,22,24-26,28,30-49,51,53-74H2,1-5H3/p+1/b11-9-,17-15-,23-21-,29-27-,52-50-. The van der Waals surface area contributed by atoms with Crippen molar-refractivity contribution in [3.05, 3.63) is 60.8 Å². The number of likely N-dealkylation sites (N-methyl/N-ethyl adjacent to an activating group) is 1. The minimum absolute atomic E-state index is 0.185. The lowest BCUT2D eigenvalue weighted by Gasteiger charge is -2.25. The number of ether oxygens (including phenoxy) is 4. The number of hydrogen-bond acceptors (Lipinski definition) is 7. The fraction of sp³-hybridized carbons (Fsp3) is 0.835. The van der Waals surface area contributed by atoms with Crippen LogP contribution in [0.3, 0.4) is 0 Å². The monoisotopic (exact) mass is 1240 g/mol. The Morgan fingerprint density at radius 3 is 0.966 bits per heavy atom. The zero-order chi connectivity index (χ0) is 64.0. The molecule has 0 saturated carbocycles. The molecule has 0 spiro atoms. The van der Waals surface area contributed by atoms with E-state index in [1.54, 1.807) is 0 Å². The first-order valence-electron chi connectivity index (χ1n) is 38.0. The fourth-order valence-corrected chi connectivity index (χ4v) is 11.3. The smallest absolute Gasteiger partial charge is 0.361 e. The molecule has 0 aliphatic rings. The quantitative estimate of drug-likeness (QED) is 0.0211. The fourth-order valence-electron chi connectivity index (χ4n) is 11.3. The van der Waals surface area contributed by atoms with Crippen LogP contribution in [-0.2, 0) is 33.3 Å². The number of rotatable bonds is 71. The molecule has 0 heterocycles. The highest BCUT2D eigenvalue weighted by molar-refractivity contribution is 5.71. The maximum absolute atomic E-state index is 12.9. The van der Waals surface area contributed by atoms with Crippen molar-refractivity contribution in [3.63, 3.8) is 0 Å². The number of esters is 2. The molecule has 0 aliphatic carbocycles. The normalized spacial score (nSPS) is 13.0. The number of quaternary nitrogens is 1. The Kier molecular flexibility index (Phi) is 67.5. The van der Waals surface area contributed by atoms with Crippen LogP contribution in [0.2, 0.25) is 0 Å². The lowest BCUT2D eigenvalue weighted by atomic mass is 10.0. The van der Waals surface area contributed by atoms with Gasteiger partial charge in [0.25, 0.3) is 6.29 Å². The van der Waals surface area contributed by atoms with Crippen molar-refractivity contribution in [2.24, 2.45) is 0 Å². The van der Waals surface area contributed by atoms with E-state index in [1.807, 2.05) is 21.1 Å². The van der Waals surface area contributed by atoms with Gasteiger partial charge in [0.1, 0.15) is 13.2 Å². The van der Waals surface area contributed by atoms with Crippen LogP contribution in [-0.4, -0.2) is 87.4 Å². The van der Waals surface area contributed by atoms with Gasteiger partial charge in [0.15, 0.2) is 6.10 Å². The molecule has 0 aromatic heterocycles. The van der Waals surface area contributed by atoms with Crippen LogP contribution in [0, 0.1) is 0 Å². The number of unbranched alkanes of at least 4 members (excludes halogenated alkanes) is 46. The molecule has 0 bridgehead atoms. The molecule has 88 heavy (non-hydrogen) atoms. The van der Waals surface area contributed by atoms with Crippen LogP contribution in [0.15, 0.2) is 60.8 Å². The van der Waals surface area contributed by atoms with E-state index in [9.17, 15) is 19.5 Å². The van der Waals surface area contributed by atoms with Gasteiger partial charge in [0, 0.05) is 12.8 Å². The van der Waals surface area contributed by atoms with Crippen LogP contribution in [0.5, 0.6) is 0 Å². The van der Waals surface area contributed by atoms with Gasteiger partial charge in [0.2, 0.25) is 0 Å². The van der Waals surface area contributed by atoms with E-state index in [1.165, 1.54) is 257 Å². The molecule has 0 amide bonds. The molecule has 514 valence electrons. The predicted octanol–water partition coefficient (Wildman–Crippen LogP) is 23.9. The molecular weight excluding hydrogens is 1090 g/mol. The molecule has 0 rings (SSSR count).